The Kier molecular flexibility index (Phi) is 15.1. The second-order valence-corrected chi connectivity index (χ2v) is 10.2. The predicted molar refractivity (Wildman–Crippen MR) is 152 cm³/mol. The lowest BCUT2D eigenvalue weighted by molar-refractivity contribution is -0.131. The Hall–Kier alpha value is -2.17. The number of benzene rings is 2. The fourth-order valence-electron chi connectivity index (χ4n) is 5.09. The quantitative estimate of drug-likeness (QED) is 0.177. The third kappa shape index (κ3) is 10.4. The van der Waals surface area contributed by atoms with Crippen LogP contribution in [0, 0.1) is 5.92 Å². The van der Waals surface area contributed by atoms with Crippen LogP contribution in [-0.4, -0.2) is 29.7 Å². The molecular weight excluding hydrogens is 444 g/mol. The summed E-state index contributed by atoms with van der Waals surface area (Å²) in [6.45, 7) is 5.73. The molecule has 2 aromatic carbocycles. The third-order valence-corrected chi connectivity index (χ3v) is 7.34. The van der Waals surface area contributed by atoms with Crippen molar-refractivity contribution >= 4 is 5.91 Å². The fraction of sp³-hybridized carbons (Fsp3) is 0.594. The van der Waals surface area contributed by atoms with E-state index in [0.29, 0.717) is 13.0 Å². The molecule has 1 amide bonds. The van der Waals surface area contributed by atoms with E-state index < -0.39 is 5.54 Å². The maximum absolute atomic E-state index is 14.0. The summed E-state index contributed by atoms with van der Waals surface area (Å²) >= 11 is 0. The number of nitrogens with one attached hydrogen (secondary N) is 2. The first-order valence-electron chi connectivity index (χ1n) is 14.4. The fourth-order valence-corrected chi connectivity index (χ4v) is 5.09. The molecule has 0 saturated carbocycles. The van der Waals surface area contributed by atoms with Gasteiger partial charge in [0, 0.05) is 19.1 Å². The average molecular weight is 495 g/mol. The van der Waals surface area contributed by atoms with Gasteiger partial charge in [0.1, 0.15) is 5.54 Å². The van der Waals surface area contributed by atoms with E-state index in [9.17, 15) is 9.90 Å². The monoisotopic (exact) mass is 494 g/mol. The molecule has 2 aromatic rings. The highest BCUT2D eigenvalue weighted by atomic mass is 16.3. The lowest BCUT2D eigenvalue weighted by atomic mass is 9.75. The van der Waals surface area contributed by atoms with Crippen LogP contribution >= 0.6 is 0 Å². The van der Waals surface area contributed by atoms with Crippen molar-refractivity contribution in [1.82, 2.24) is 10.6 Å². The Morgan fingerprint density at radius 3 is 1.92 bits per heavy atom. The van der Waals surface area contributed by atoms with E-state index in [0.717, 1.165) is 43.4 Å². The maximum atomic E-state index is 14.0. The first-order chi connectivity index (χ1) is 17.7. The Morgan fingerprint density at radius 1 is 0.778 bits per heavy atom. The number of hydrogen-bond donors (Lipinski definition) is 3. The third-order valence-electron chi connectivity index (χ3n) is 7.34. The summed E-state index contributed by atoms with van der Waals surface area (Å²) in [5, 5.41) is 17.6. The first kappa shape index (κ1) is 30.1. The van der Waals surface area contributed by atoms with Crippen LogP contribution in [0.3, 0.4) is 0 Å². The van der Waals surface area contributed by atoms with Crippen LogP contribution in [0.1, 0.15) is 95.6 Å². The van der Waals surface area contributed by atoms with Crippen LogP contribution in [0.5, 0.6) is 0 Å². The predicted octanol–water partition coefficient (Wildman–Crippen LogP) is 6.81. The van der Waals surface area contributed by atoms with E-state index >= 15 is 0 Å². The largest absolute Gasteiger partial charge is 0.396 e. The lowest BCUT2D eigenvalue weighted by Gasteiger charge is -2.40. The molecule has 3 N–H and O–H groups in total. The van der Waals surface area contributed by atoms with E-state index in [2.05, 4.69) is 36.6 Å². The molecule has 0 aliphatic carbocycles. The van der Waals surface area contributed by atoms with Gasteiger partial charge in [0.25, 0.3) is 0 Å². The van der Waals surface area contributed by atoms with Crippen LogP contribution in [0.4, 0.5) is 0 Å². The molecule has 0 spiro atoms. The summed E-state index contributed by atoms with van der Waals surface area (Å²) in [7, 11) is 0. The van der Waals surface area contributed by atoms with Gasteiger partial charge in [0.05, 0.1) is 0 Å². The molecule has 0 heterocycles. The van der Waals surface area contributed by atoms with Crippen molar-refractivity contribution in [3.05, 3.63) is 71.8 Å². The van der Waals surface area contributed by atoms with E-state index in [-0.39, 0.29) is 18.4 Å². The molecule has 2 unspecified atom stereocenters. The molecule has 0 bridgehead atoms. The van der Waals surface area contributed by atoms with Gasteiger partial charge in [0.15, 0.2) is 0 Å². The molecule has 0 saturated heterocycles. The van der Waals surface area contributed by atoms with Gasteiger partial charge < -0.3 is 15.7 Å². The van der Waals surface area contributed by atoms with Gasteiger partial charge in [-0.05, 0) is 36.9 Å². The van der Waals surface area contributed by atoms with Crippen molar-refractivity contribution in [2.45, 2.75) is 103 Å². The van der Waals surface area contributed by atoms with Crippen LogP contribution in [0.25, 0.3) is 0 Å². The molecule has 200 valence electrons. The molecule has 2 atom stereocenters. The highest BCUT2D eigenvalue weighted by Gasteiger charge is 2.44. The topological polar surface area (TPSA) is 61.4 Å². The summed E-state index contributed by atoms with van der Waals surface area (Å²) in [6.07, 6.45) is 13.1. The number of amides is 1. The Balaban J connectivity index is 2.25. The molecule has 0 radical (unpaired) electrons. The molecule has 2 rings (SSSR count). The van der Waals surface area contributed by atoms with Gasteiger partial charge in [0.2, 0.25) is 5.91 Å². The first-order valence-corrected chi connectivity index (χ1v) is 14.4. The SMILES string of the molecule is CCCCCCCNC(CCCCCCC)(C(=O)NCc1ccccc1)C(CO)Cc1ccccc1. The number of carbonyl (C=O) groups is 1. The molecule has 0 aromatic heterocycles. The zero-order valence-electron chi connectivity index (χ0n) is 22.8. The van der Waals surface area contributed by atoms with Gasteiger partial charge in [-0.15, -0.1) is 0 Å². The second kappa shape index (κ2) is 18.1. The van der Waals surface area contributed by atoms with Gasteiger partial charge in [-0.25, -0.2) is 0 Å². The highest BCUT2D eigenvalue weighted by Crippen LogP contribution is 2.29. The zero-order chi connectivity index (χ0) is 25.9. The minimum atomic E-state index is -0.795. The molecule has 36 heavy (non-hydrogen) atoms. The van der Waals surface area contributed by atoms with E-state index in [1.807, 2.05) is 48.5 Å². The van der Waals surface area contributed by atoms with Crippen molar-refractivity contribution < 1.29 is 9.90 Å². The summed E-state index contributed by atoms with van der Waals surface area (Å²) in [5.41, 5.74) is 1.45. The Labute approximate surface area is 220 Å². The number of hydrogen-bond acceptors (Lipinski definition) is 3. The minimum absolute atomic E-state index is 0.0189. The van der Waals surface area contributed by atoms with Crippen LogP contribution < -0.4 is 10.6 Å². The van der Waals surface area contributed by atoms with Crippen LogP contribution in [0.2, 0.25) is 0 Å². The molecule has 4 nitrogen and oxygen atoms in total. The molecular formula is C32H50N2O2. The minimum Gasteiger partial charge on any atom is -0.396 e. The smallest absolute Gasteiger partial charge is 0.240 e. The van der Waals surface area contributed by atoms with Crippen molar-refractivity contribution in [2.24, 2.45) is 5.92 Å². The normalized spacial score (nSPS) is 13.8. The van der Waals surface area contributed by atoms with E-state index in [4.69, 9.17) is 0 Å². The maximum Gasteiger partial charge on any atom is 0.240 e. The Bertz CT molecular complexity index is 811. The number of aliphatic hydroxyl groups excluding tert-OH is 1. The highest BCUT2D eigenvalue weighted by molar-refractivity contribution is 5.86. The standard InChI is InChI=1S/C32H50N2O2/c1-3-5-7-9-17-23-32(34-24-18-10-8-6-4-2,30(27-35)25-28-19-13-11-14-20-28)31(36)33-26-29-21-15-12-16-22-29/h11-16,19-22,30,34-35H,3-10,17-18,23-27H2,1-2H3,(H,33,36). The lowest BCUT2D eigenvalue weighted by Crippen LogP contribution is -2.63. The molecule has 0 aliphatic rings. The number of aliphatic hydroxyl groups is 1. The summed E-state index contributed by atoms with van der Waals surface area (Å²) < 4.78 is 0. The van der Waals surface area contributed by atoms with Crippen molar-refractivity contribution in [3.63, 3.8) is 0 Å². The number of rotatable bonds is 20. The van der Waals surface area contributed by atoms with Gasteiger partial charge >= 0.3 is 0 Å². The molecule has 0 aliphatic heterocycles. The van der Waals surface area contributed by atoms with E-state index in [1.54, 1.807) is 0 Å². The number of carbonyl (C=O) groups excluding carboxylic acids is 1. The van der Waals surface area contributed by atoms with E-state index in [1.165, 1.54) is 44.9 Å². The van der Waals surface area contributed by atoms with Crippen molar-refractivity contribution in [3.8, 4) is 0 Å². The summed E-state index contributed by atoms with van der Waals surface area (Å²) in [4.78, 5) is 14.0. The molecule has 0 fully saturated rings. The second-order valence-electron chi connectivity index (χ2n) is 10.2. The van der Waals surface area contributed by atoms with Gasteiger partial charge in [-0.3, -0.25) is 4.79 Å². The van der Waals surface area contributed by atoms with Crippen molar-refractivity contribution in [1.29, 1.82) is 0 Å². The van der Waals surface area contributed by atoms with Crippen LogP contribution in [0.15, 0.2) is 60.7 Å². The van der Waals surface area contributed by atoms with Gasteiger partial charge in [-0.1, -0.05) is 132 Å². The number of unbranched alkanes of at least 4 members (excludes halogenated alkanes) is 8. The Morgan fingerprint density at radius 2 is 1.33 bits per heavy atom. The average Bonchev–Trinajstić information content (AvgIpc) is 2.92. The zero-order valence-corrected chi connectivity index (χ0v) is 22.8. The summed E-state index contributed by atoms with van der Waals surface area (Å²) in [6, 6.07) is 20.4. The summed E-state index contributed by atoms with van der Waals surface area (Å²) in [5.74, 6) is -0.178. The molecule has 4 heteroatoms. The van der Waals surface area contributed by atoms with Crippen LogP contribution in [-0.2, 0) is 17.8 Å². The van der Waals surface area contributed by atoms with Gasteiger partial charge in [-0.2, -0.15) is 0 Å². The van der Waals surface area contributed by atoms with Crippen molar-refractivity contribution in [2.75, 3.05) is 13.2 Å².